The number of carbonyl (C=O) groups excluding carboxylic acids is 1. The smallest absolute Gasteiger partial charge is 0.225 e. The van der Waals surface area contributed by atoms with Gasteiger partial charge in [-0.1, -0.05) is 37.7 Å². The molecule has 3 aromatic rings. The zero-order chi connectivity index (χ0) is 19.9. The van der Waals surface area contributed by atoms with Gasteiger partial charge in [0.1, 0.15) is 0 Å². The zero-order valence-corrected chi connectivity index (χ0v) is 17.8. The van der Waals surface area contributed by atoms with Crippen LogP contribution < -0.4 is 5.32 Å². The molecule has 1 aromatic carbocycles. The lowest BCUT2D eigenvalue weighted by molar-refractivity contribution is -0.115. The molecule has 0 aliphatic rings. The molecule has 28 heavy (non-hydrogen) atoms. The molecule has 0 unspecified atom stereocenters. The molecule has 0 aliphatic heterocycles. The molecule has 0 spiro atoms. The van der Waals surface area contributed by atoms with Gasteiger partial charge in [-0.3, -0.25) is 9.36 Å². The monoisotopic (exact) mass is 416 g/mol. The van der Waals surface area contributed by atoms with Crippen molar-refractivity contribution in [3.8, 4) is 11.6 Å². The Labute approximate surface area is 173 Å². The highest BCUT2D eigenvalue weighted by atomic mass is 32.2. The molecule has 3 rings (SSSR count). The molecule has 0 saturated heterocycles. The molecule has 0 atom stereocenters. The van der Waals surface area contributed by atoms with Gasteiger partial charge in [-0.2, -0.15) is 0 Å². The second kappa shape index (κ2) is 9.84. The first-order valence-electron chi connectivity index (χ1n) is 9.11. The number of nitrogens with one attached hydrogen (secondary N) is 1. The SMILES string of the molecule is CSc1ccccc1NC(=O)CCSc1nnc(-c2ccco2)n1CC(C)C. The van der Waals surface area contributed by atoms with Gasteiger partial charge in [0.15, 0.2) is 16.7 Å². The van der Waals surface area contributed by atoms with E-state index < -0.39 is 0 Å². The van der Waals surface area contributed by atoms with Crippen LogP contribution in [0.2, 0.25) is 0 Å². The average molecular weight is 417 g/mol. The number of benzene rings is 1. The lowest BCUT2D eigenvalue weighted by Crippen LogP contribution is -2.13. The highest BCUT2D eigenvalue weighted by molar-refractivity contribution is 7.99. The van der Waals surface area contributed by atoms with Crippen molar-refractivity contribution in [3.63, 3.8) is 0 Å². The van der Waals surface area contributed by atoms with Crippen molar-refractivity contribution in [1.82, 2.24) is 14.8 Å². The first-order valence-corrected chi connectivity index (χ1v) is 11.3. The Morgan fingerprint density at radius 3 is 2.75 bits per heavy atom. The molecule has 0 bridgehead atoms. The topological polar surface area (TPSA) is 73.0 Å². The molecular formula is C20H24N4O2S2. The van der Waals surface area contributed by atoms with Crippen molar-refractivity contribution < 1.29 is 9.21 Å². The molecule has 0 aliphatic carbocycles. The van der Waals surface area contributed by atoms with Crippen molar-refractivity contribution >= 4 is 35.1 Å². The zero-order valence-electron chi connectivity index (χ0n) is 16.2. The van der Waals surface area contributed by atoms with E-state index in [0.29, 0.717) is 23.9 Å². The van der Waals surface area contributed by atoms with Crippen LogP contribution in [-0.4, -0.2) is 32.7 Å². The van der Waals surface area contributed by atoms with Gasteiger partial charge in [0.25, 0.3) is 0 Å². The van der Waals surface area contributed by atoms with Crippen molar-refractivity contribution in [3.05, 3.63) is 42.7 Å². The van der Waals surface area contributed by atoms with Crippen molar-refractivity contribution in [1.29, 1.82) is 0 Å². The van der Waals surface area contributed by atoms with E-state index in [1.54, 1.807) is 18.0 Å². The van der Waals surface area contributed by atoms with Crippen LogP contribution in [0.5, 0.6) is 0 Å². The molecule has 0 fully saturated rings. The number of rotatable bonds is 9. The van der Waals surface area contributed by atoms with E-state index >= 15 is 0 Å². The quantitative estimate of drug-likeness (QED) is 0.493. The fourth-order valence-corrected chi connectivity index (χ4v) is 4.15. The Morgan fingerprint density at radius 1 is 1.21 bits per heavy atom. The summed E-state index contributed by atoms with van der Waals surface area (Å²) in [4.78, 5) is 13.4. The van der Waals surface area contributed by atoms with Gasteiger partial charge < -0.3 is 9.73 Å². The van der Waals surface area contributed by atoms with E-state index in [0.717, 1.165) is 28.1 Å². The maximum Gasteiger partial charge on any atom is 0.225 e. The van der Waals surface area contributed by atoms with Gasteiger partial charge in [-0.05, 0) is 36.4 Å². The highest BCUT2D eigenvalue weighted by Crippen LogP contribution is 2.27. The molecular weight excluding hydrogens is 392 g/mol. The first kappa shape index (κ1) is 20.5. The average Bonchev–Trinajstić information content (AvgIpc) is 3.32. The predicted molar refractivity (Wildman–Crippen MR) is 115 cm³/mol. The van der Waals surface area contributed by atoms with E-state index in [2.05, 4.69) is 33.9 Å². The minimum absolute atomic E-state index is 0.00446. The Kier molecular flexibility index (Phi) is 7.22. The Bertz CT molecular complexity index is 907. The molecule has 0 saturated carbocycles. The van der Waals surface area contributed by atoms with Gasteiger partial charge in [0, 0.05) is 23.6 Å². The summed E-state index contributed by atoms with van der Waals surface area (Å²) in [6.07, 6.45) is 4.03. The summed E-state index contributed by atoms with van der Waals surface area (Å²) in [5.41, 5.74) is 0.855. The van der Waals surface area contributed by atoms with Crippen LogP contribution in [0.1, 0.15) is 20.3 Å². The molecule has 2 aromatic heterocycles. The lowest BCUT2D eigenvalue weighted by Gasteiger charge is -2.12. The summed E-state index contributed by atoms with van der Waals surface area (Å²) in [6, 6.07) is 11.5. The van der Waals surface area contributed by atoms with Gasteiger partial charge in [0.05, 0.1) is 12.0 Å². The highest BCUT2D eigenvalue weighted by Gasteiger charge is 2.17. The number of hydrogen-bond donors (Lipinski definition) is 1. The minimum Gasteiger partial charge on any atom is -0.461 e. The summed E-state index contributed by atoms with van der Waals surface area (Å²) >= 11 is 3.15. The van der Waals surface area contributed by atoms with E-state index in [9.17, 15) is 4.79 Å². The molecule has 0 radical (unpaired) electrons. The van der Waals surface area contributed by atoms with Crippen LogP contribution in [0, 0.1) is 5.92 Å². The maximum atomic E-state index is 12.3. The minimum atomic E-state index is -0.00446. The molecule has 1 N–H and O–H groups in total. The third-order valence-corrected chi connectivity index (χ3v) is 5.71. The number of thioether (sulfide) groups is 2. The van der Waals surface area contributed by atoms with Crippen molar-refractivity contribution in [2.75, 3.05) is 17.3 Å². The van der Waals surface area contributed by atoms with Crippen molar-refractivity contribution in [2.24, 2.45) is 5.92 Å². The largest absolute Gasteiger partial charge is 0.461 e. The second-order valence-electron chi connectivity index (χ2n) is 6.63. The number of furan rings is 1. The molecule has 6 nitrogen and oxygen atoms in total. The van der Waals surface area contributed by atoms with Crippen LogP contribution in [0.25, 0.3) is 11.6 Å². The number of amides is 1. The van der Waals surface area contributed by atoms with Crippen LogP contribution >= 0.6 is 23.5 Å². The maximum absolute atomic E-state index is 12.3. The summed E-state index contributed by atoms with van der Waals surface area (Å²) in [5.74, 6) is 2.48. The van der Waals surface area contributed by atoms with E-state index in [1.165, 1.54) is 11.8 Å². The number of nitrogens with zero attached hydrogens (tertiary/aromatic N) is 3. The van der Waals surface area contributed by atoms with Crippen LogP contribution in [0.4, 0.5) is 5.69 Å². The lowest BCUT2D eigenvalue weighted by atomic mass is 10.2. The summed E-state index contributed by atoms with van der Waals surface area (Å²) < 4.78 is 7.55. The summed E-state index contributed by atoms with van der Waals surface area (Å²) in [7, 11) is 0. The van der Waals surface area contributed by atoms with Crippen molar-refractivity contribution in [2.45, 2.75) is 36.9 Å². The molecule has 148 valence electrons. The van der Waals surface area contributed by atoms with Gasteiger partial charge in [-0.15, -0.1) is 22.0 Å². The third kappa shape index (κ3) is 5.20. The summed E-state index contributed by atoms with van der Waals surface area (Å²) in [5, 5.41) is 12.4. The molecule has 2 heterocycles. The number of aromatic nitrogens is 3. The predicted octanol–water partition coefficient (Wildman–Crippen LogP) is 5.04. The van der Waals surface area contributed by atoms with Crippen LogP contribution in [0.3, 0.4) is 0 Å². The number of hydrogen-bond acceptors (Lipinski definition) is 6. The molecule has 1 amide bonds. The normalized spacial score (nSPS) is 11.1. The number of anilines is 1. The van der Waals surface area contributed by atoms with Gasteiger partial charge in [0.2, 0.25) is 5.91 Å². The Hall–Kier alpha value is -2.19. The number of carbonyl (C=O) groups is 1. The van der Waals surface area contributed by atoms with Gasteiger partial charge >= 0.3 is 0 Å². The summed E-state index contributed by atoms with van der Waals surface area (Å²) in [6.45, 7) is 5.09. The molecule has 8 heteroatoms. The fraction of sp³-hybridized carbons (Fsp3) is 0.350. The second-order valence-corrected chi connectivity index (χ2v) is 8.55. The standard InChI is InChI=1S/C20H24N4O2S2/c1-14(2)13-24-19(16-8-6-11-26-16)22-23-20(24)28-12-10-18(25)21-15-7-4-5-9-17(15)27-3/h4-9,11,14H,10,12-13H2,1-3H3,(H,21,25). The van der Waals surface area contributed by atoms with Gasteiger partial charge in [-0.25, -0.2) is 0 Å². The first-order chi connectivity index (χ1) is 13.6. The Morgan fingerprint density at radius 2 is 2.04 bits per heavy atom. The number of para-hydroxylation sites is 1. The fourth-order valence-electron chi connectivity index (χ4n) is 2.71. The third-order valence-electron chi connectivity index (χ3n) is 3.95. The Balaban J connectivity index is 1.62. The van der Waals surface area contributed by atoms with E-state index in [4.69, 9.17) is 4.42 Å². The van der Waals surface area contributed by atoms with E-state index in [-0.39, 0.29) is 5.91 Å². The van der Waals surface area contributed by atoms with Crippen LogP contribution in [0.15, 0.2) is 57.1 Å². The van der Waals surface area contributed by atoms with E-state index in [1.807, 2.05) is 42.7 Å². The van der Waals surface area contributed by atoms with Crippen LogP contribution in [-0.2, 0) is 11.3 Å².